The van der Waals surface area contributed by atoms with Crippen LogP contribution in [0.25, 0.3) is 0 Å². The highest BCUT2D eigenvalue weighted by atomic mass is 32.1. The fourth-order valence-corrected chi connectivity index (χ4v) is 2.13. The van der Waals surface area contributed by atoms with Crippen molar-refractivity contribution in [2.45, 2.75) is 20.3 Å². The molecule has 0 saturated carbocycles. The summed E-state index contributed by atoms with van der Waals surface area (Å²) >= 11 is 1.50. The standard InChI is InChI=1S/C13H14N2OS/c1-9-4-3-5-12(10(9)2)15-13(16)6-11-7-17-8-14-11/h3-5,7-8H,6H2,1-2H3,(H,15,16). The van der Waals surface area contributed by atoms with Gasteiger partial charge in [0, 0.05) is 11.1 Å². The molecule has 2 aromatic rings. The molecule has 1 heterocycles. The molecule has 2 rings (SSSR count). The molecule has 1 amide bonds. The summed E-state index contributed by atoms with van der Waals surface area (Å²) in [6.07, 6.45) is 0.330. The van der Waals surface area contributed by atoms with Crippen molar-refractivity contribution in [1.82, 2.24) is 4.98 Å². The lowest BCUT2D eigenvalue weighted by Gasteiger charge is -2.09. The second-order valence-electron chi connectivity index (χ2n) is 3.95. The average Bonchev–Trinajstić information content (AvgIpc) is 2.77. The molecular weight excluding hydrogens is 232 g/mol. The van der Waals surface area contributed by atoms with Gasteiger partial charge in [-0.15, -0.1) is 11.3 Å². The van der Waals surface area contributed by atoms with Gasteiger partial charge in [-0.05, 0) is 31.0 Å². The second-order valence-corrected chi connectivity index (χ2v) is 4.67. The van der Waals surface area contributed by atoms with E-state index in [-0.39, 0.29) is 5.91 Å². The third-order valence-electron chi connectivity index (χ3n) is 2.70. The van der Waals surface area contributed by atoms with Gasteiger partial charge in [-0.25, -0.2) is 4.98 Å². The Morgan fingerprint density at radius 2 is 2.24 bits per heavy atom. The highest BCUT2D eigenvalue weighted by Gasteiger charge is 2.07. The molecular formula is C13H14N2OS. The van der Waals surface area contributed by atoms with Crippen molar-refractivity contribution >= 4 is 22.9 Å². The molecule has 4 heteroatoms. The SMILES string of the molecule is Cc1cccc(NC(=O)Cc2cscn2)c1C. The first-order chi connectivity index (χ1) is 8.16. The lowest BCUT2D eigenvalue weighted by Crippen LogP contribution is -2.15. The van der Waals surface area contributed by atoms with E-state index in [9.17, 15) is 4.79 Å². The third kappa shape index (κ3) is 2.91. The number of carbonyl (C=O) groups is 1. The zero-order chi connectivity index (χ0) is 12.3. The molecule has 0 unspecified atom stereocenters. The van der Waals surface area contributed by atoms with Crippen LogP contribution in [0.1, 0.15) is 16.8 Å². The molecule has 17 heavy (non-hydrogen) atoms. The predicted octanol–water partition coefficient (Wildman–Crippen LogP) is 2.94. The van der Waals surface area contributed by atoms with Crippen LogP contribution in [-0.2, 0) is 11.2 Å². The van der Waals surface area contributed by atoms with E-state index < -0.39 is 0 Å². The average molecular weight is 246 g/mol. The van der Waals surface area contributed by atoms with Gasteiger partial charge in [0.05, 0.1) is 17.6 Å². The van der Waals surface area contributed by atoms with Crippen LogP contribution >= 0.6 is 11.3 Å². The van der Waals surface area contributed by atoms with Crippen LogP contribution in [0.15, 0.2) is 29.1 Å². The monoisotopic (exact) mass is 246 g/mol. The van der Waals surface area contributed by atoms with Gasteiger partial charge in [0.15, 0.2) is 0 Å². The zero-order valence-corrected chi connectivity index (χ0v) is 10.7. The Morgan fingerprint density at radius 1 is 1.41 bits per heavy atom. The van der Waals surface area contributed by atoms with Crippen molar-refractivity contribution in [3.05, 3.63) is 45.9 Å². The Bertz CT molecular complexity index is 520. The molecule has 0 fully saturated rings. The van der Waals surface area contributed by atoms with Crippen LogP contribution in [-0.4, -0.2) is 10.9 Å². The van der Waals surface area contributed by atoms with Crippen molar-refractivity contribution in [3.63, 3.8) is 0 Å². The maximum absolute atomic E-state index is 11.8. The number of amides is 1. The molecule has 0 aliphatic heterocycles. The zero-order valence-electron chi connectivity index (χ0n) is 9.86. The minimum absolute atomic E-state index is 0.0235. The van der Waals surface area contributed by atoms with Crippen molar-refractivity contribution < 1.29 is 4.79 Å². The van der Waals surface area contributed by atoms with E-state index >= 15 is 0 Å². The van der Waals surface area contributed by atoms with Gasteiger partial charge in [0.25, 0.3) is 0 Å². The molecule has 0 aliphatic carbocycles. The summed E-state index contributed by atoms with van der Waals surface area (Å²) in [6.45, 7) is 4.04. The highest BCUT2D eigenvalue weighted by Crippen LogP contribution is 2.18. The first-order valence-electron chi connectivity index (χ1n) is 5.40. The molecule has 1 aromatic heterocycles. The largest absolute Gasteiger partial charge is 0.325 e. The van der Waals surface area contributed by atoms with E-state index in [1.807, 2.05) is 37.4 Å². The van der Waals surface area contributed by atoms with Crippen LogP contribution in [0.4, 0.5) is 5.69 Å². The van der Waals surface area contributed by atoms with Crippen molar-refractivity contribution in [1.29, 1.82) is 0 Å². The Labute approximate surface area is 105 Å². The number of nitrogens with zero attached hydrogens (tertiary/aromatic N) is 1. The topological polar surface area (TPSA) is 42.0 Å². The molecule has 0 radical (unpaired) electrons. The normalized spacial score (nSPS) is 10.2. The summed E-state index contributed by atoms with van der Waals surface area (Å²) in [4.78, 5) is 15.9. The van der Waals surface area contributed by atoms with Gasteiger partial charge in [-0.2, -0.15) is 0 Å². The first-order valence-corrected chi connectivity index (χ1v) is 6.34. The van der Waals surface area contributed by atoms with Gasteiger partial charge in [-0.3, -0.25) is 4.79 Å². The Balaban J connectivity index is 2.06. The number of anilines is 1. The maximum Gasteiger partial charge on any atom is 0.230 e. The molecule has 0 atom stereocenters. The summed E-state index contributed by atoms with van der Waals surface area (Å²) in [5, 5.41) is 4.81. The van der Waals surface area contributed by atoms with Crippen molar-refractivity contribution in [3.8, 4) is 0 Å². The van der Waals surface area contributed by atoms with Crippen molar-refractivity contribution in [2.24, 2.45) is 0 Å². The second kappa shape index (κ2) is 5.10. The minimum Gasteiger partial charge on any atom is -0.325 e. The van der Waals surface area contributed by atoms with E-state index in [1.54, 1.807) is 5.51 Å². The predicted molar refractivity (Wildman–Crippen MR) is 70.4 cm³/mol. The Morgan fingerprint density at radius 3 is 2.94 bits per heavy atom. The number of hydrogen-bond donors (Lipinski definition) is 1. The smallest absolute Gasteiger partial charge is 0.230 e. The molecule has 0 saturated heterocycles. The molecule has 0 bridgehead atoms. The summed E-state index contributed by atoms with van der Waals surface area (Å²) in [7, 11) is 0. The molecule has 0 aliphatic rings. The molecule has 88 valence electrons. The Hall–Kier alpha value is -1.68. The molecule has 1 N–H and O–H groups in total. The van der Waals surface area contributed by atoms with Gasteiger partial charge >= 0.3 is 0 Å². The number of aromatic nitrogens is 1. The van der Waals surface area contributed by atoms with Gasteiger partial charge < -0.3 is 5.32 Å². The third-order valence-corrected chi connectivity index (χ3v) is 3.34. The van der Waals surface area contributed by atoms with Crippen LogP contribution in [0, 0.1) is 13.8 Å². The van der Waals surface area contributed by atoms with Crippen molar-refractivity contribution in [2.75, 3.05) is 5.32 Å². The van der Waals surface area contributed by atoms with Crippen LogP contribution in [0.3, 0.4) is 0 Å². The highest BCUT2D eigenvalue weighted by molar-refractivity contribution is 7.07. The van der Waals surface area contributed by atoms with E-state index in [0.717, 1.165) is 16.9 Å². The Kier molecular flexibility index (Phi) is 3.54. The van der Waals surface area contributed by atoms with E-state index in [0.29, 0.717) is 6.42 Å². The van der Waals surface area contributed by atoms with E-state index in [2.05, 4.69) is 10.3 Å². The number of thiazole rings is 1. The fourth-order valence-electron chi connectivity index (χ4n) is 1.57. The number of nitrogens with one attached hydrogen (secondary N) is 1. The van der Waals surface area contributed by atoms with Crippen LogP contribution in [0.5, 0.6) is 0 Å². The lowest BCUT2D eigenvalue weighted by molar-refractivity contribution is -0.115. The summed E-state index contributed by atoms with van der Waals surface area (Å²) in [5.74, 6) is -0.0235. The molecule has 0 spiro atoms. The van der Waals surface area contributed by atoms with E-state index in [1.165, 1.54) is 16.9 Å². The van der Waals surface area contributed by atoms with Crippen LogP contribution in [0.2, 0.25) is 0 Å². The summed E-state index contributed by atoms with van der Waals surface area (Å²) < 4.78 is 0. The van der Waals surface area contributed by atoms with Gasteiger partial charge in [0.2, 0.25) is 5.91 Å². The number of hydrogen-bond acceptors (Lipinski definition) is 3. The molecule has 3 nitrogen and oxygen atoms in total. The van der Waals surface area contributed by atoms with E-state index in [4.69, 9.17) is 0 Å². The summed E-state index contributed by atoms with van der Waals surface area (Å²) in [5.41, 5.74) is 5.72. The first kappa shape index (κ1) is 11.8. The van der Waals surface area contributed by atoms with Crippen LogP contribution < -0.4 is 5.32 Å². The van der Waals surface area contributed by atoms with Gasteiger partial charge in [0.1, 0.15) is 0 Å². The minimum atomic E-state index is -0.0235. The number of carbonyl (C=O) groups excluding carboxylic acids is 1. The lowest BCUT2D eigenvalue weighted by atomic mass is 10.1. The number of aryl methyl sites for hydroxylation is 1. The maximum atomic E-state index is 11.8. The van der Waals surface area contributed by atoms with Gasteiger partial charge in [-0.1, -0.05) is 12.1 Å². The number of rotatable bonds is 3. The number of benzene rings is 1. The fraction of sp³-hybridized carbons (Fsp3) is 0.231. The quantitative estimate of drug-likeness (QED) is 0.904. The molecule has 1 aromatic carbocycles. The summed E-state index contributed by atoms with van der Waals surface area (Å²) in [6, 6.07) is 5.90.